The van der Waals surface area contributed by atoms with E-state index < -0.39 is 0 Å². The Morgan fingerprint density at radius 1 is 1.24 bits per heavy atom. The molecule has 6 nitrogen and oxygen atoms in total. The van der Waals surface area contributed by atoms with Gasteiger partial charge in [0.25, 0.3) is 5.91 Å². The minimum absolute atomic E-state index is 0.0854. The van der Waals surface area contributed by atoms with Gasteiger partial charge in [0.15, 0.2) is 11.5 Å². The predicted octanol–water partition coefficient (Wildman–Crippen LogP) is 2.13. The third-order valence-corrected chi connectivity index (χ3v) is 6.20. The standard InChI is InChI=1S/C19H26N2O4/c1-20-15(12-23-2)5-6-19(20)7-9-21(10-8-19)18(22)14-3-4-16-17(11-14)25-13-24-16/h3-4,11,15H,5-10,12-13H2,1-2H3/t15-/m0/s1. The molecule has 0 radical (unpaired) electrons. The van der Waals surface area contributed by atoms with E-state index in [0.29, 0.717) is 23.1 Å². The molecule has 1 amide bonds. The Kier molecular flexibility index (Phi) is 4.33. The van der Waals surface area contributed by atoms with Crippen LogP contribution in [0, 0.1) is 0 Å². The zero-order valence-corrected chi connectivity index (χ0v) is 15.0. The van der Waals surface area contributed by atoms with E-state index in [1.165, 1.54) is 12.8 Å². The summed E-state index contributed by atoms with van der Waals surface area (Å²) < 4.78 is 16.1. The van der Waals surface area contributed by atoms with Crippen LogP contribution in [0.4, 0.5) is 0 Å². The van der Waals surface area contributed by atoms with E-state index in [1.54, 1.807) is 13.2 Å². The van der Waals surface area contributed by atoms with Gasteiger partial charge in [-0.1, -0.05) is 0 Å². The summed E-state index contributed by atoms with van der Waals surface area (Å²) in [7, 11) is 3.98. The van der Waals surface area contributed by atoms with Gasteiger partial charge in [-0.05, 0) is 50.9 Å². The van der Waals surface area contributed by atoms with Crippen LogP contribution in [0.15, 0.2) is 18.2 Å². The maximum atomic E-state index is 12.8. The summed E-state index contributed by atoms with van der Waals surface area (Å²) in [5.74, 6) is 1.46. The number of likely N-dealkylation sites (tertiary alicyclic amines) is 2. The second-order valence-corrected chi connectivity index (χ2v) is 7.34. The van der Waals surface area contributed by atoms with Crippen molar-refractivity contribution in [1.82, 2.24) is 9.80 Å². The van der Waals surface area contributed by atoms with Gasteiger partial charge in [0.05, 0.1) is 6.61 Å². The lowest BCUT2D eigenvalue weighted by Crippen LogP contribution is -2.54. The molecule has 2 fully saturated rings. The fourth-order valence-electron chi connectivity index (χ4n) is 4.52. The normalized spacial score (nSPS) is 24.9. The molecule has 3 aliphatic rings. The number of rotatable bonds is 3. The second-order valence-electron chi connectivity index (χ2n) is 7.34. The largest absolute Gasteiger partial charge is 0.454 e. The molecule has 4 rings (SSSR count). The Morgan fingerprint density at radius 3 is 2.76 bits per heavy atom. The van der Waals surface area contributed by atoms with Crippen molar-refractivity contribution in [3.8, 4) is 11.5 Å². The average Bonchev–Trinajstić information content (AvgIpc) is 3.22. The fourth-order valence-corrected chi connectivity index (χ4v) is 4.52. The van der Waals surface area contributed by atoms with Gasteiger partial charge in [-0.3, -0.25) is 9.69 Å². The molecule has 1 aromatic rings. The van der Waals surface area contributed by atoms with Crippen LogP contribution >= 0.6 is 0 Å². The number of methoxy groups -OCH3 is 1. The quantitative estimate of drug-likeness (QED) is 0.839. The van der Waals surface area contributed by atoms with Crippen molar-refractivity contribution in [1.29, 1.82) is 0 Å². The van der Waals surface area contributed by atoms with Crippen molar-refractivity contribution in [3.63, 3.8) is 0 Å². The Labute approximate surface area is 148 Å². The number of nitrogens with zero attached hydrogens (tertiary/aromatic N) is 2. The van der Waals surface area contributed by atoms with Crippen molar-refractivity contribution < 1.29 is 19.0 Å². The van der Waals surface area contributed by atoms with Crippen LogP contribution in [0.5, 0.6) is 11.5 Å². The molecular weight excluding hydrogens is 320 g/mol. The van der Waals surface area contributed by atoms with Crippen molar-refractivity contribution >= 4 is 5.91 Å². The molecule has 25 heavy (non-hydrogen) atoms. The van der Waals surface area contributed by atoms with Crippen molar-refractivity contribution in [2.75, 3.05) is 40.6 Å². The average molecular weight is 346 g/mol. The highest BCUT2D eigenvalue weighted by Crippen LogP contribution is 2.41. The number of likely N-dealkylation sites (N-methyl/N-ethyl adjacent to an activating group) is 1. The van der Waals surface area contributed by atoms with Gasteiger partial charge in [-0.2, -0.15) is 0 Å². The van der Waals surface area contributed by atoms with E-state index in [2.05, 4.69) is 11.9 Å². The molecule has 6 heteroatoms. The van der Waals surface area contributed by atoms with E-state index >= 15 is 0 Å². The number of carbonyl (C=O) groups is 1. The molecule has 2 saturated heterocycles. The van der Waals surface area contributed by atoms with E-state index in [-0.39, 0.29) is 18.2 Å². The number of fused-ring (bicyclic) bond motifs is 1. The minimum atomic E-state index is 0.0854. The number of benzene rings is 1. The molecule has 0 aliphatic carbocycles. The van der Waals surface area contributed by atoms with Gasteiger partial charge in [0.2, 0.25) is 6.79 Å². The van der Waals surface area contributed by atoms with Crippen LogP contribution in [0.2, 0.25) is 0 Å². The zero-order valence-electron chi connectivity index (χ0n) is 15.0. The van der Waals surface area contributed by atoms with Crippen LogP contribution in [0.1, 0.15) is 36.0 Å². The Balaban J connectivity index is 1.41. The molecule has 0 saturated carbocycles. The van der Waals surface area contributed by atoms with Gasteiger partial charge in [-0.15, -0.1) is 0 Å². The maximum Gasteiger partial charge on any atom is 0.253 e. The number of piperidine rings is 1. The predicted molar refractivity (Wildman–Crippen MR) is 93.1 cm³/mol. The SMILES string of the molecule is COC[C@@H]1CCC2(CCN(C(=O)c3ccc4c(c3)OCO4)CC2)N1C. The number of hydrogen-bond donors (Lipinski definition) is 0. The molecule has 1 spiro atoms. The molecule has 0 bridgehead atoms. The molecule has 136 valence electrons. The monoisotopic (exact) mass is 346 g/mol. The zero-order chi connectivity index (χ0) is 17.4. The van der Waals surface area contributed by atoms with Crippen molar-refractivity contribution in [2.45, 2.75) is 37.3 Å². The molecule has 0 N–H and O–H groups in total. The summed E-state index contributed by atoms with van der Waals surface area (Å²) in [6, 6.07) is 5.95. The summed E-state index contributed by atoms with van der Waals surface area (Å²) in [6.07, 6.45) is 4.43. The van der Waals surface area contributed by atoms with Gasteiger partial charge < -0.3 is 19.1 Å². The molecule has 0 unspecified atom stereocenters. The number of ether oxygens (including phenoxy) is 3. The molecule has 0 aromatic heterocycles. The number of carbonyl (C=O) groups excluding carboxylic acids is 1. The van der Waals surface area contributed by atoms with E-state index in [0.717, 1.165) is 32.5 Å². The lowest BCUT2D eigenvalue weighted by atomic mass is 9.85. The van der Waals surface area contributed by atoms with Crippen molar-refractivity contribution in [3.05, 3.63) is 23.8 Å². The fraction of sp³-hybridized carbons (Fsp3) is 0.632. The van der Waals surface area contributed by atoms with E-state index in [9.17, 15) is 4.79 Å². The van der Waals surface area contributed by atoms with Crippen LogP contribution in [0.25, 0.3) is 0 Å². The first-order chi connectivity index (χ1) is 12.1. The first kappa shape index (κ1) is 16.7. The van der Waals surface area contributed by atoms with Crippen molar-refractivity contribution in [2.24, 2.45) is 0 Å². The number of hydrogen-bond acceptors (Lipinski definition) is 5. The number of amides is 1. The van der Waals surface area contributed by atoms with Gasteiger partial charge >= 0.3 is 0 Å². The van der Waals surface area contributed by atoms with Crippen LogP contribution < -0.4 is 9.47 Å². The first-order valence-corrected chi connectivity index (χ1v) is 9.04. The highest BCUT2D eigenvalue weighted by atomic mass is 16.7. The summed E-state index contributed by atoms with van der Waals surface area (Å²) in [6.45, 7) is 2.63. The minimum Gasteiger partial charge on any atom is -0.454 e. The smallest absolute Gasteiger partial charge is 0.253 e. The van der Waals surface area contributed by atoms with Crippen LogP contribution in [0.3, 0.4) is 0 Å². The third kappa shape index (κ3) is 2.87. The van der Waals surface area contributed by atoms with E-state index in [4.69, 9.17) is 14.2 Å². The Hall–Kier alpha value is -1.79. The Morgan fingerprint density at radius 2 is 2.00 bits per heavy atom. The van der Waals surface area contributed by atoms with Gasteiger partial charge in [0, 0.05) is 37.3 Å². The van der Waals surface area contributed by atoms with Gasteiger partial charge in [0.1, 0.15) is 0 Å². The molecule has 1 atom stereocenters. The molecule has 3 aliphatic heterocycles. The molecule has 1 aromatic carbocycles. The lowest BCUT2D eigenvalue weighted by molar-refractivity contribution is 0.0273. The topological polar surface area (TPSA) is 51.2 Å². The highest BCUT2D eigenvalue weighted by Gasteiger charge is 2.46. The Bertz CT molecular complexity index is 655. The summed E-state index contributed by atoms with van der Waals surface area (Å²) in [5.41, 5.74) is 0.909. The van der Waals surface area contributed by atoms with Crippen LogP contribution in [-0.4, -0.2) is 67.9 Å². The second kappa shape index (κ2) is 6.50. The lowest BCUT2D eigenvalue weighted by Gasteiger charge is -2.45. The highest BCUT2D eigenvalue weighted by molar-refractivity contribution is 5.95. The maximum absolute atomic E-state index is 12.8. The molecule has 3 heterocycles. The summed E-state index contributed by atoms with van der Waals surface area (Å²) in [4.78, 5) is 17.3. The summed E-state index contributed by atoms with van der Waals surface area (Å²) >= 11 is 0. The molecular formula is C19H26N2O4. The van der Waals surface area contributed by atoms with Crippen LogP contribution in [-0.2, 0) is 4.74 Å². The van der Waals surface area contributed by atoms with E-state index in [1.807, 2.05) is 17.0 Å². The van der Waals surface area contributed by atoms with Gasteiger partial charge in [-0.25, -0.2) is 0 Å². The summed E-state index contributed by atoms with van der Waals surface area (Å²) in [5, 5.41) is 0. The third-order valence-electron chi connectivity index (χ3n) is 6.20. The first-order valence-electron chi connectivity index (χ1n) is 9.04.